The average molecular weight is 317 g/mol. The number of ether oxygens (including phenoxy) is 1. The second-order valence-corrected chi connectivity index (χ2v) is 4.56. The van der Waals surface area contributed by atoms with Crippen molar-refractivity contribution in [2.75, 3.05) is 6.61 Å². The van der Waals surface area contributed by atoms with E-state index in [-0.39, 0.29) is 24.6 Å². The number of benzene rings is 1. The van der Waals surface area contributed by atoms with Gasteiger partial charge in [-0.15, -0.1) is 0 Å². The first-order valence-corrected chi connectivity index (χ1v) is 6.47. The van der Waals surface area contributed by atoms with E-state index < -0.39 is 5.82 Å². The first kappa shape index (κ1) is 14.8. The number of halogens is 2. The van der Waals surface area contributed by atoms with Crippen LogP contribution in [-0.2, 0) is 9.53 Å². The number of esters is 1. The van der Waals surface area contributed by atoms with E-state index in [1.807, 2.05) is 0 Å². The maximum atomic E-state index is 13.2. The molecular formula is C13H14BrFO3. The second kappa shape index (κ2) is 7.26. The maximum Gasteiger partial charge on any atom is 0.305 e. The Hall–Kier alpha value is -1.23. The van der Waals surface area contributed by atoms with Gasteiger partial charge in [0.15, 0.2) is 5.78 Å². The summed E-state index contributed by atoms with van der Waals surface area (Å²) in [5.74, 6) is -0.954. The molecule has 0 saturated heterocycles. The molecule has 0 unspecified atom stereocenters. The zero-order valence-electron chi connectivity index (χ0n) is 10.0. The van der Waals surface area contributed by atoms with E-state index in [9.17, 15) is 14.0 Å². The van der Waals surface area contributed by atoms with E-state index in [2.05, 4.69) is 15.9 Å². The first-order chi connectivity index (χ1) is 8.54. The number of ketones is 1. The SMILES string of the molecule is CCOC(=O)CCCC(=O)c1ccc(Br)c(F)c1. The van der Waals surface area contributed by atoms with Gasteiger partial charge in [0, 0.05) is 18.4 Å². The summed E-state index contributed by atoms with van der Waals surface area (Å²) in [4.78, 5) is 22.8. The minimum atomic E-state index is -0.466. The van der Waals surface area contributed by atoms with Crippen molar-refractivity contribution in [3.63, 3.8) is 0 Å². The summed E-state index contributed by atoms with van der Waals surface area (Å²) in [6, 6.07) is 4.24. The highest BCUT2D eigenvalue weighted by Gasteiger charge is 2.10. The highest BCUT2D eigenvalue weighted by molar-refractivity contribution is 9.10. The number of carbonyl (C=O) groups excluding carboxylic acids is 2. The lowest BCUT2D eigenvalue weighted by Crippen LogP contribution is -2.06. The van der Waals surface area contributed by atoms with Gasteiger partial charge in [0.05, 0.1) is 11.1 Å². The van der Waals surface area contributed by atoms with Gasteiger partial charge in [-0.1, -0.05) is 6.07 Å². The van der Waals surface area contributed by atoms with Crippen LogP contribution in [0.3, 0.4) is 0 Å². The number of rotatable bonds is 6. The Morgan fingerprint density at radius 1 is 1.33 bits per heavy atom. The molecule has 0 atom stereocenters. The quantitative estimate of drug-likeness (QED) is 0.596. The van der Waals surface area contributed by atoms with Crippen molar-refractivity contribution in [2.45, 2.75) is 26.2 Å². The molecule has 0 N–H and O–H groups in total. The summed E-state index contributed by atoms with van der Waals surface area (Å²) in [7, 11) is 0. The normalized spacial score (nSPS) is 10.2. The molecule has 0 amide bonds. The van der Waals surface area contributed by atoms with Gasteiger partial charge in [-0.3, -0.25) is 9.59 Å². The van der Waals surface area contributed by atoms with E-state index in [1.54, 1.807) is 13.0 Å². The molecule has 0 aliphatic heterocycles. The van der Waals surface area contributed by atoms with Crippen LogP contribution in [-0.4, -0.2) is 18.4 Å². The monoisotopic (exact) mass is 316 g/mol. The van der Waals surface area contributed by atoms with Crippen LogP contribution in [0.25, 0.3) is 0 Å². The molecule has 0 aliphatic rings. The van der Waals surface area contributed by atoms with Gasteiger partial charge in [-0.05, 0) is 41.4 Å². The molecule has 3 nitrogen and oxygen atoms in total. The van der Waals surface area contributed by atoms with Gasteiger partial charge >= 0.3 is 5.97 Å². The van der Waals surface area contributed by atoms with Gasteiger partial charge in [0.25, 0.3) is 0 Å². The van der Waals surface area contributed by atoms with Crippen molar-refractivity contribution in [2.24, 2.45) is 0 Å². The van der Waals surface area contributed by atoms with E-state index in [1.165, 1.54) is 12.1 Å². The fraction of sp³-hybridized carbons (Fsp3) is 0.385. The van der Waals surface area contributed by atoms with Crippen LogP contribution < -0.4 is 0 Å². The Labute approximate surface area is 113 Å². The van der Waals surface area contributed by atoms with Crippen LogP contribution >= 0.6 is 15.9 Å². The lowest BCUT2D eigenvalue weighted by atomic mass is 10.1. The number of Topliss-reactive ketones (excluding diaryl/α,β-unsaturated/α-hetero) is 1. The molecule has 98 valence electrons. The number of carbonyl (C=O) groups is 2. The fourth-order valence-electron chi connectivity index (χ4n) is 1.44. The van der Waals surface area contributed by atoms with E-state index in [0.29, 0.717) is 23.1 Å². The number of hydrogen-bond acceptors (Lipinski definition) is 3. The third-order valence-corrected chi connectivity index (χ3v) is 2.97. The molecule has 0 aliphatic carbocycles. The van der Waals surface area contributed by atoms with Crippen molar-refractivity contribution >= 4 is 27.7 Å². The molecule has 18 heavy (non-hydrogen) atoms. The summed E-state index contributed by atoms with van der Waals surface area (Å²) in [5, 5.41) is 0. The molecule has 0 heterocycles. The molecule has 0 radical (unpaired) electrons. The van der Waals surface area contributed by atoms with Crippen LogP contribution in [0.5, 0.6) is 0 Å². The Morgan fingerprint density at radius 2 is 2.06 bits per heavy atom. The standard InChI is InChI=1S/C13H14BrFO3/c1-2-18-13(17)5-3-4-12(16)9-6-7-10(14)11(15)8-9/h6-8H,2-5H2,1H3. The molecular weight excluding hydrogens is 303 g/mol. The van der Waals surface area contributed by atoms with Crippen LogP contribution in [0.2, 0.25) is 0 Å². The Balaban J connectivity index is 2.45. The molecule has 1 rings (SSSR count). The van der Waals surface area contributed by atoms with Crippen LogP contribution in [0.4, 0.5) is 4.39 Å². The van der Waals surface area contributed by atoms with Gasteiger partial charge in [-0.25, -0.2) is 4.39 Å². The minimum absolute atomic E-state index is 0.175. The lowest BCUT2D eigenvalue weighted by Gasteiger charge is -2.03. The van der Waals surface area contributed by atoms with E-state index in [0.717, 1.165) is 0 Å². The summed E-state index contributed by atoms with van der Waals surface area (Å²) in [5.41, 5.74) is 0.319. The van der Waals surface area contributed by atoms with E-state index in [4.69, 9.17) is 4.74 Å². The van der Waals surface area contributed by atoms with E-state index >= 15 is 0 Å². The maximum absolute atomic E-state index is 13.2. The summed E-state index contributed by atoms with van der Waals surface area (Å²) >= 11 is 3.02. The molecule has 5 heteroatoms. The molecule has 0 saturated carbocycles. The molecule has 0 aromatic heterocycles. The first-order valence-electron chi connectivity index (χ1n) is 5.68. The van der Waals surface area contributed by atoms with Gasteiger partial charge in [0.2, 0.25) is 0 Å². The zero-order valence-corrected chi connectivity index (χ0v) is 11.6. The summed E-state index contributed by atoms with van der Waals surface area (Å²) in [6.45, 7) is 2.07. The molecule has 1 aromatic carbocycles. The average Bonchev–Trinajstić information content (AvgIpc) is 2.33. The molecule has 0 bridgehead atoms. The Morgan fingerprint density at radius 3 is 2.67 bits per heavy atom. The summed E-state index contributed by atoms with van der Waals surface area (Å²) < 4.78 is 18.3. The predicted molar refractivity (Wildman–Crippen MR) is 68.9 cm³/mol. The predicted octanol–water partition coefficient (Wildman–Crippen LogP) is 3.50. The third kappa shape index (κ3) is 4.56. The van der Waals surface area contributed by atoms with Crippen LogP contribution in [0.15, 0.2) is 22.7 Å². The topological polar surface area (TPSA) is 43.4 Å². The Kier molecular flexibility index (Phi) is 5.98. The Bertz CT molecular complexity index is 446. The molecule has 0 spiro atoms. The van der Waals surface area contributed by atoms with Crippen molar-refractivity contribution in [1.29, 1.82) is 0 Å². The highest BCUT2D eigenvalue weighted by Crippen LogP contribution is 2.17. The second-order valence-electron chi connectivity index (χ2n) is 3.71. The van der Waals surface area contributed by atoms with Gasteiger partial charge in [-0.2, -0.15) is 0 Å². The zero-order chi connectivity index (χ0) is 13.5. The smallest absolute Gasteiger partial charge is 0.305 e. The lowest BCUT2D eigenvalue weighted by molar-refractivity contribution is -0.143. The highest BCUT2D eigenvalue weighted by atomic mass is 79.9. The van der Waals surface area contributed by atoms with Crippen LogP contribution in [0, 0.1) is 5.82 Å². The van der Waals surface area contributed by atoms with Crippen molar-refractivity contribution < 1.29 is 18.7 Å². The van der Waals surface area contributed by atoms with Crippen molar-refractivity contribution in [3.8, 4) is 0 Å². The van der Waals surface area contributed by atoms with Gasteiger partial charge in [0.1, 0.15) is 5.82 Å². The largest absolute Gasteiger partial charge is 0.466 e. The van der Waals surface area contributed by atoms with Gasteiger partial charge < -0.3 is 4.74 Å². The fourth-order valence-corrected chi connectivity index (χ4v) is 1.69. The molecule has 0 fully saturated rings. The van der Waals surface area contributed by atoms with Crippen molar-refractivity contribution in [3.05, 3.63) is 34.1 Å². The molecule has 1 aromatic rings. The number of hydrogen-bond donors (Lipinski definition) is 0. The minimum Gasteiger partial charge on any atom is -0.466 e. The third-order valence-electron chi connectivity index (χ3n) is 2.33. The van der Waals surface area contributed by atoms with Crippen molar-refractivity contribution in [1.82, 2.24) is 0 Å². The van der Waals surface area contributed by atoms with Crippen LogP contribution in [0.1, 0.15) is 36.5 Å². The summed E-state index contributed by atoms with van der Waals surface area (Å²) in [6.07, 6.45) is 0.827.